The van der Waals surface area contributed by atoms with Gasteiger partial charge < -0.3 is 20.9 Å². The molecule has 3 aromatic carbocycles. The second kappa shape index (κ2) is 10.6. The monoisotopic (exact) mass is 476 g/mol. The van der Waals surface area contributed by atoms with Gasteiger partial charge >= 0.3 is 6.03 Å². The van der Waals surface area contributed by atoms with Crippen molar-refractivity contribution < 1.29 is 9.59 Å². The fourth-order valence-corrected chi connectivity index (χ4v) is 4.29. The van der Waals surface area contributed by atoms with Crippen LogP contribution < -0.4 is 20.9 Å². The third-order valence-electron chi connectivity index (χ3n) is 6.08. The fourth-order valence-electron chi connectivity index (χ4n) is 4.07. The van der Waals surface area contributed by atoms with Crippen molar-refractivity contribution in [3.8, 4) is 0 Å². The molecule has 1 saturated heterocycles. The number of hydrogen-bond acceptors (Lipinski definition) is 3. The predicted octanol–water partition coefficient (Wildman–Crippen LogP) is 6.84. The number of hydrogen-bond donors (Lipinski definition) is 3. The normalized spacial score (nSPS) is 13.3. The van der Waals surface area contributed by atoms with Gasteiger partial charge in [0.1, 0.15) is 0 Å². The number of piperidine rings is 1. The summed E-state index contributed by atoms with van der Waals surface area (Å²) in [4.78, 5) is 27.9. The van der Waals surface area contributed by atoms with Gasteiger partial charge in [0, 0.05) is 24.5 Å². The molecule has 1 heterocycles. The lowest BCUT2D eigenvalue weighted by Crippen LogP contribution is -2.31. The first-order chi connectivity index (χ1) is 16.4. The molecule has 1 fully saturated rings. The maximum absolute atomic E-state index is 12.9. The Bertz CT molecular complexity index is 1200. The Hall–Kier alpha value is -3.51. The van der Waals surface area contributed by atoms with Crippen LogP contribution in [0, 0.1) is 13.8 Å². The lowest BCUT2D eigenvalue weighted by Gasteiger charge is -2.31. The van der Waals surface area contributed by atoms with E-state index in [1.807, 2.05) is 44.2 Å². The van der Waals surface area contributed by atoms with Crippen LogP contribution in [0.3, 0.4) is 0 Å². The minimum Gasteiger partial charge on any atom is -0.370 e. The van der Waals surface area contributed by atoms with Crippen LogP contribution >= 0.6 is 11.6 Å². The molecule has 0 radical (unpaired) electrons. The Balaban J connectivity index is 1.57. The molecule has 0 saturated carbocycles. The molecule has 3 N–H and O–H groups in total. The van der Waals surface area contributed by atoms with Crippen LogP contribution in [0.2, 0.25) is 5.02 Å². The highest BCUT2D eigenvalue weighted by molar-refractivity contribution is 6.34. The number of anilines is 4. The summed E-state index contributed by atoms with van der Waals surface area (Å²) in [6.07, 6.45) is 3.43. The minimum absolute atomic E-state index is 0.304. The number of benzene rings is 3. The standard InChI is InChI=1S/C27H29ClN4O2/c1-18-10-11-20(16-19(18)2)30-27(34)31-24-17-21(12-13-25(24)32-14-6-3-7-15-32)29-26(33)22-8-4-5-9-23(22)28/h4-5,8-13,16-17H,3,6-7,14-15H2,1-2H3,(H,29,33)(H2,30,31,34). The molecule has 3 amide bonds. The van der Waals surface area contributed by atoms with Gasteiger partial charge in [-0.1, -0.05) is 29.8 Å². The predicted molar refractivity (Wildman–Crippen MR) is 140 cm³/mol. The largest absolute Gasteiger partial charge is 0.370 e. The summed E-state index contributed by atoms with van der Waals surface area (Å²) in [5, 5.41) is 9.17. The van der Waals surface area contributed by atoms with Gasteiger partial charge in [-0.15, -0.1) is 0 Å². The average Bonchev–Trinajstić information content (AvgIpc) is 2.82. The molecular weight excluding hydrogens is 448 g/mol. The highest BCUT2D eigenvalue weighted by Crippen LogP contribution is 2.32. The first-order valence-electron chi connectivity index (χ1n) is 11.5. The number of carbonyl (C=O) groups is 2. The van der Waals surface area contributed by atoms with Gasteiger partial charge in [0.25, 0.3) is 5.91 Å². The number of halogens is 1. The second-order valence-corrected chi connectivity index (χ2v) is 9.00. The van der Waals surface area contributed by atoms with Crippen molar-refractivity contribution in [3.05, 3.63) is 82.4 Å². The van der Waals surface area contributed by atoms with E-state index in [4.69, 9.17) is 11.6 Å². The average molecular weight is 477 g/mol. The molecule has 0 aromatic heterocycles. The summed E-state index contributed by atoms with van der Waals surface area (Å²) in [6.45, 7) is 5.90. The number of carbonyl (C=O) groups excluding carboxylic acids is 2. The Morgan fingerprint density at radius 2 is 1.50 bits per heavy atom. The third kappa shape index (κ3) is 5.69. The van der Waals surface area contributed by atoms with Crippen LogP contribution in [-0.4, -0.2) is 25.0 Å². The van der Waals surface area contributed by atoms with E-state index in [2.05, 4.69) is 20.9 Å². The van der Waals surface area contributed by atoms with Crippen molar-refractivity contribution in [1.29, 1.82) is 0 Å². The number of nitrogens with zero attached hydrogens (tertiary/aromatic N) is 1. The van der Waals surface area contributed by atoms with Gasteiger partial charge in [0.2, 0.25) is 0 Å². The number of urea groups is 1. The van der Waals surface area contributed by atoms with Gasteiger partial charge in [-0.05, 0) is 86.7 Å². The Morgan fingerprint density at radius 1 is 0.794 bits per heavy atom. The van der Waals surface area contributed by atoms with Crippen LogP contribution in [0.5, 0.6) is 0 Å². The number of amides is 3. The maximum atomic E-state index is 12.9. The SMILES string of the molecule is Cc1ccc(NC(=O)Nc2cc(NC(=O)c3ccccc3Cl)ccc2N2CCCCC2)cc1C. The molecule has 0 spiro atoms. The Labute approximate surface area is 205 Å². The molecule has 1 aliphatic heterocycles. The summed E-state index contributed by atoms with van der Waals surface area (Å²) in [5.74, 6) is -0.304. The number of nitrogens with one attached hydrogen (secondary N) is 3. The van der Waals surface area contributed by atoms with Crippen molar-refractivity contribution in [2.45, 2.75) is 33.1 Å². The highest BCUT2D eigenvalue weighted by Gasteiger charge is 2.18. The molecule has 4 rings (SSSR count). The molecule has 176 valence electrons. The van der Waals surface area contributed by atoms with Crippen LogP contribution in [0.4, 0.5) is 27.5 Å². The zero-order chi connectivity index (χ0) is 24.1. The van der Waals surface area contributed by atoms with E-state index in [-0.39, 0.29) is 11.9 Å². The summed E-state index contributed by atoms with van der Waals surface area (Å²) in [5.41, 5.74) is 5.55. The number of rotatable bonds is 5. The second-order valence-electron chi connectivity index (χ2n) is 8.59. The third-order valence-corrected chi connectivity index (χ3v) is 6.41. The fraction of sp³-hybridized carbons (Fsp3) is 0.259. The van der Waals surface area contributed by atoms with Gasteiger partial charge in [-0.2, -0.15) is 0 Å². The van der Waals surface area contributed by atoms with Gasteiger partial charge in [0.15, 0.2) is 0 Å². The first kappa shape index (κ1) is 23.6. The lowest BCUT2D eigenvalue weighted by molar-refractivity contribution is 0.102. The first-order valence-corrected chi connectivity index (χ1v) is 11.9. The Kier molecular flexibility index (Phi) is 7.38. The van der Waals surface area contributed by atoms with E-state index in [9.17, 15) is 9.59 Å². The van der Waals surface area contributed by atoms with E-state index >= 15 is 0 Å². The van der Waals surface area contributed by atoms with E-state index in [1.54, 1.807) is 30.3 Å². The summed E-state index contributed by atoms with van der Waals surface area (Å²) in [7, 11) is 0. The minimum atomic E-state index is -0.337. The smallest absolute Gasteiger partial charge is 0.323 e. The molecule has 0 atom stereocenters. The molecule has 6 nitrogen and oxygen atoms in total. The molecular formula is C27H29ClN4O2. The van der Waals surface area contributed by atoms with Crippen LogP contribution in [-0.2, 0) is 0 Å². The van der Waals surface area contributed by atoms with Crippen molar-refractivity contribution >= 4 is 46.3 Å². The topological polar surface area (TPSA) is 73.5 Å². The molecule has 1 aliphatic rings. The maximum Gasteiger partial charge on any atom is 0.323 e. The highest BCUT2D eigenvalue weighted by atomic mass is 35.5. The van der Waals surface area contributed by atoms with E-state index in [1.165, 1.54) is 12.0 Å². The van der Waals surface area contributed by atoms with Gasteiger partial charge in [-0.3, -0.25) is 4.79 Å². The summed E-state index contributed by atoms with van der Waals surface area (Å²) < 4.78 is 0. The van der Waals surface area contributed by atoms with Crippen molar-refractivity contribution in [2.24, 2.45) is 0 Å². The van der Waals surface area contributed by atoms with E-state index in [0.717, 1.165) is 42.9 Å². The zero-order valence-corrected chi connectivity index (χ0v) is 20.2. The van der Waals surface area contributed by atoms with Crippen LogP contribution in [0.1, 0.15) is 40.7 Å². The van der Waals surface area contributed by atoms with E-state index in [0.29, 0.717) is 22.0 Å². The zero-order valence-electron chi connectivity index (χ0n) is 19.5. The Morgan fingerprint density at radius 3 is 2.24 bits per heavy atom. The van der Waals surface area contributed by atoms with Crippen LogP contribution in [0.15, 0.2) is 60.7 Å². The number of aryl methyl sites for hydroxylation is 2. The molecule has 0 aliphatic carbocycles. The quantitative estimate of drug-likeness (QED) is 0.377. The summed E-state index contributed by atoms with van der Waals surface area (Å²) in [6, 6.07) is 18.0. The van der Waals surface area contributed by atoms with Gasteiger partial charge in [-0.25, -0.2) is 4.79 Å². The molecule has 3 aromatic rings. The van der Waals surface area contributed by atoms with Gasteiger partial charge in [0.05, 0.1) is 22.0 Å². The van der Waals surface area contributed by atoms with Crippen molar-refractivity contribution in [3.63, 3.8) is 0 Å². The van der Waals surface area contributed by atoms with Crippen LogP contribution in [0.25, 0.3) is 0 Å². The molecule has 34 heavy (non-hydrogen) atoms. The van der Waals surface area contributed by atoms with Crippen molar-refractivity contribution in [2.75, 3.05) is 33.9 Å². The van der Waals surface area contributed by atoms with E-state index < -0.39 is 0 Å². The summed E-state index contributed by atoms with van der Waals surface area (Å²) >= 11 is 6.18. The molecule has 0 bridgehead atoms. The van der Waals surface area contributed by atoms with Crippen molar-refractivity contribution in [1.82, 2.24) is 0 Å². The molecule has 0 unspecified atom stereocenters. The molecule has 7 heteroatoms. The lowest BCUT2D eigenvalue weighted by atomic mass is 10.1.